The van der Waals surface area contributed by atoms with Crippen molar-refractivity contribution in [3.8, 4) is 11.5 Å². The fraction of sp³-hybridized carbons (Fsp3) is 0. The minimum Gasteiger partial charge on any atom is -0.308 e. The van der Waals surface area contributed by atoms with Crippen molar-refractivity contribution in [2.75, 3.05) is 0 Å². The van der Waals surface area contributed by atoms with E-state index in [-0.39, 0.29) is 0 Å². The summed E-state index contributed by atoms with van der Waals surface area (Å²) in [4.78, 5) is 5.77. The Hall–Kier alpha value is -6.48. The van der Waals surface area contributed by atoms with E-state index in [4.69, 9.17) is 4.98 Å². The maximum atomic E-state index is 5.77. The molecule has 0 radical (unpaired) electrons. The highest BCUT2D eigenvalue weighted by Gasteiger charge is 2.28. The van der Waals surface area contributed by atoms with Crippen LogP contribution in [0, 0.1) is 3.57 Å². The smallest absolute Gasteiger partial charge is 0.154 e. The van der Waals surface area contributed by atoms with Gasteiger partial charge in [-0.2, -0.15) is 0 Å². The number of para-hydroxylation sites is 4. The van der Waals surface area contributed by atoms with Crippen LogP contribution in [0.15, 0.2) is 164 Å². The third kappa shape index (κ3) is 3.80. The molecule has 0 bridgehead atoms. The summed E-state index contributed by atoms with van der Waals surface area (Å²) in [5.41, 5.74) is 10.7. The van der Waals surface area contributed by atoms with Gasteiger partial charge in [0.1, 0.15) is 0 Å². The SMILES string of the molecule is Ic1c(-n2c3ccccc3c3c4c5ccccc5n5c6cc7ccccc7cc6c(cc32)c45)nc2c(sc3ccccc32)c1-n1c2ccccc2c2ccccc21. The normalized spacial score (nSPS) is 12.6. The molecular formula is C51H27IN4S. The molecule has 8 aromatic carbocycles. The molecule has 0 atom stereocenters. The average Bonchev–Trinajstić information content (AvgIpc) is 4.05. The molecule has 0 saturated heterocycles. The fourth-order valence-electron chi connectivity index (χ4n) is 10.1. The van der Waals surface area contributed by atoms with Crippen molar-refractivity contribution in [2.24, 2.45) is 0 Å². The number of hydrogen-bond acceptors (Lipinski definition) is 2. The monoisotopic (exact) mass is 854 g/mol. The molecule has 4 nitrogen and oxygen atoms in total. The summed E-state index contributed by atoms with van der Waals surface area (Å²) in [5, 5.41) is 13.8. The van der Waals surface area contributed by atoms with Gasteiger partial charge in [-0.1, -0.05) is 115 Å². The van der Waals surface area contributed by atoms with E-state index in [1.54, 1.807) is 0 Å². The van der Waals surface area contributed by atoms with Crippen LogP contribution in [-0.2, 0) is 0 Å². The first kappa shape index (κ1) is 30.7. The Bertz CT molecular complexity index is 4010. The van der Waals surface area contributed by atoms with Crippen LogP contribution in [0.4, 0.5) is 0 Å². The van der Waals surface area contributed by atoms with Crippen molar-refractivity contribution in [1.82, 2.24) is 18.5 Å². The van der Waals surface area contributed by atoms with E-state index in [2.05, 4.69) is 200 Å². The Morgan fingerprint density at radius 3 is 1.72 bits per heavy atom. The number of hydrogen-bond donors (Lipinski definition) is 0. The van der Waals surface area contributed by atoms with Crippen molar-refractivity contribution in [3.05, 3.63) is 167 Å². The summed E-state index contributed by atoms with van der Waals surface area (Å²) in [6.07, 6.45) is 0. The summed E-state index contributed by atoms with van der Waals surface area (Å²) in [6.45, 7) is 0. The summed E-state index contributed by atoms with van der Waals surface area (Å²) < 4.78 is 11.0. The van der Waals surface area contributed by atoms with Crippen LogP contribution in [-0.4, -0.2) is 18.5 Å². The van der Waals surface area contributed by atoms with Crippen LogP contribution in [0.2, 0.25) is 0 Å². The van der Waals surface area contributed by atoms with Crippen molar-refractivity contribution in [2.45, 2.75) is 0 Å². The van der Waals surface area contributed by atoms with E-state index in [0.717, 1.165) is 20.4 Å². The molecule has 6 aromatic heterocycles. The average molecular weight is 855 g/mol. The van der Waals surface area contributed by atoms with Crippen molar-refractivity contribution in [3.63, 3.8) is 0 Å². The van der Waals surface area contributed by atoms with E-state index < -0.39 is 0 Å². The number of nitrogens with zero attached hydrogens (tertiary/aromatic N) is 4. The van der Waals surface area contributed by atoms with Crippen LogP contribution in [0.25, 0.3) is 124 Å². The molecule has 0 aliphatic rings. The van der Waals surface area contributed by atoms with Crippen LogP contribution in [0.3, 0.4) is 0 Å². The van der Waals surface area contributed by atoms with Gasteiger partial charge in [0.05, 0.1) is 58.1 Å². The van der Waals surface area contributed by atoms with Gasteiger partial charge in [-0.3, -0.25) is 4.57 Å². The maximum Gasteiger partial charge on any atom is 0.154 e. The zero-order chi connectivity index (χ0) is 37.1. The summed E-state index contributed by atoms with van der Waals surface area (Å²) >= 11 is 4.46. The van der Waals surface area contributed by atoms with Gasteiger partial charge >= 0.3 is 0 Å². The second-order valence-electron chi connectivity index (χ2n) is 15.2. The molecule has 0 unspecified atom stereocenters. The highest BCUT2D eigenvalue weighted by atomic mass is 127. The Labute approximate surface area is 341 Å². The zero-order valence-electron chi connectivity index (χ0n) is 30.2. The predicted molar refractivity (Wildman–Crippen MR) is 251 cm³/mol. The van der Waals surface area contributed by atoms with Crippen LogP contribution in [0.5, 0.6) is 0 Å². The first-order chi connectivity index (χ1) is 28.2. The van der Waals surface area contributed by atoms with Crippen LogP contribution >= 0.6 is 33.9 Å². The minimum absolute atomic E-state index is 0.946. The highest BCUT2D eigenvalue weighted by Crippen LogP contribution is 2.49. The second-order valence-corrected chi connectivity index (χ2v) is 17.3. The van der Waals surface area contributed by atoms with Crippen molar-refractivity contribution < 1.29 is 0 Å². The lowest BCUT2D eigenvalue weighted by molar-refractivity contribution is 1.07. The topological polar surface area (TPSA) is 27.2 Å². The van der Waals surface area contributed by atoms with Gasteiger partial charge in [0.15, 0.2) is 5.82 Å². The molecule has 0 saturated carbocycles. The van der Waals surface area contributed by atoms with Gasteiger partial charge in [0.2, 0.25) is 0 Å². The molecule has 0 aliphatic carbocycles. The number of thiophene rings is 1. The van der Waals surface area contributed by atoms with Gasteiger partial charge in [-0.15, -0.1) is 11.3 Å². The number of fused-ring (bicyclic) bond motifs is 17. The van der Waals surface area contributed by atoms with Gasteiger partial charge in [0, 0.05) is 53.2 Å². The molecule has 264 valence electrons. The molecule has 57 heavy (non-hydrogen) atoms. The molecule has 0 amide bonds. The number of aromatic nitrogens is 4. The van der Waals surface area contributed by atoms with Gasteiger partial charge in [-0.05, 0) is 81.9 Å². The third-order valence-corrected chi connectivity index (χ3v) is 14.5. The van der Waals surface area contributed by atoms with Crippen molar-refractivity contribution in [1.29, 1.82) is 0 Å². The number of rotatable bonds is 2. The molecule has 0 N–H and O–H groups in total. The first-order valence-electron chi connectivity index (χ1n) is 19.3. The Balaban J connectivity index is 1.22. The minimum atomic E-state index is 0.946. The number of halogens is 1. The Morgan fingerprint density at radius 2 is 1.00 bits per heavy atom. The molecule has 14 rings (SSSR count). The van der Waals surface area contributed by atoms with E-state index in [1.807, 2.05) is 11.3 Å². The quantitative estimate of drug-likeness (QED) is 0.159. The van der Waals surface area contributed by atoms with Gasteiger partial charge < -0.3 is 8.97 Å². The molecule has 0 spiro atoms. The third-order valence-electron chi connectivity index (χ3n) is 12.4. The second kappa shape index (κ2) is 10.9. The van der Waals surface area contributed by atoms with Crippen LogP contribution in [0.1, 0.15) is 0 Å². The fourth-order valence-corrected chi connectivity index (χ4v) is 12.3. The van der Waals surface area contributed by atoms with E-state index in [9.17, 15) is 0 Å². The summed E-state index contributed by atoms with van der Waals surface area (Å²) in [5.74, 6) is 0.946. The maximum absolute atomic E-state index is 5.77. The number of benzene rings is 8. The van der Waals surface area contributed by atoms with E-state index in [1.165, 1.54) is 107 Å². The Kier molecular flexibility index (Phi) is 5.86. The van der Waals surface area contributed by atoms with Gasteiger partial charge in [0.25, 0.3) is 0 Å². The predicted octanol–water partition coefficient (Wildman–Crippen LogP) is 14.6. The lowest BCUT2D eigenvalue weighted by Crippen LogP contribution is -2.06. The van der Waals surface area contributed by atoms with Crippen molar-refractivity contribution >= 4 is 147 Å². The molecular weight excluding hydrogens is 828 g/mol. The molecule has 0 aliphatic heterocycles. The lowest BCUT2D eigenvalue weighted by Gasteiger charge is -2.17. The van der Waals surface area contributed by atoms with Crippen LogP contribution < -0.4 is 0 Å². The molecule has 14 aromatic rings. The lowest BCUT2D eigenvalue weighted by atomic mass is 10.0. The zero-order valence-corrected chi connectivity index (χ0v) is 33.1. The summed E-state index contributed by atoms with van der Waals surface area (Å²) in [6, 6.07) is 60.3. The van der Waals surface area contributed by atoms with Gasteiger partial charge in [-0.25, -0.2) is 4.98 Å². The molecule has 6 heterocycles. The Morgan fingerprint density at radius 1 is 0.439 bits per heavy atom. The molecule has 0 fully saturated rings. The first-order valence-corrected chi connectivity index (χ1v) is 21.1. The standard InChI is InChI=1S/C51H27IN4S/c52-46-49(54-37-20-8-3-15-30(37)31-16-4-9-21-38(31)54)50-47(34-19-7-12-24-43(34)57-50)53-51(46)56-40-23-11-5-17-32(40)44-42(56)27-36-35-25-28-13-1-2-14-29(28)26-41(35)55-39-22-10-6-18-33(39)45(44)48(36)55/h1-27H. The highest BCUT2D eigenvalue weighted by molar-refractivity contribution is 14.1. The largest absolute Gasteiger partial charge is 0.308 e. The van der Waals surface area contributed by atoms with E-state index >= 15 is 0 Å². The molecule has 6 heteroatoms. The summed E-state index contributed by atoms with van der Waals surface area (Å²) in [7, 11) is 0. The number of pyridine rings is 1. The van der Waals surface area contributed by atoms with E-state index in [0.29, 0.717) is 0 Å².